The van der Waals surface area contributed by atoms with Crippen molar-refractivity contribution in [3.8, 4) is 0 Å². The van der Waals surface area contributed by atoms with E-state index in [0.29, 0.717) is 11.5 Å². The molecule has 0 bridgehead atoms. The van der Waals surface area contributed by atoms with Crippen LogP contribution in [-0.4, -0.2) is 15.9 Å². The standard InChI is InChI=1S/C11H10FN5O/c12-7-2-1-3-8(4-7)16-11(18)9-5-15-10(17-13)6-14-9/h1-6H,13H2,(H,15,17)(H,16,18). The monoisotopic (exact) mass is 247 g/mol. The summed E-state index contributed by atoms with van der Waals surface area (Å²) in [6.07, 6.45) is 2.59. The first kappa shape index (κ1) is 11.9. The van der Waals surface area contributed by atoms with E-state index in [1.165, 1.54) is 30.6 Å². The lowest BCUT2D eigenvalue weighted by Crippen LogP contribution is -2.15. The number of hydrazine groups is 1. The molecule has 0 atom stereocenters. The van der Waals surface area contributed by atoms with Crippen LogP contribution in [0.1, 0.15) is 10.5 Å². The second-order valence-corrected chi connectivity index (χ2v) is 3.40. The molecule has 0 fully saturated rings. The molecule has 18 heavy (non-hydrogen) atoms. The number of nitrogens with two attached hydrogens (primary N) is 1. The molecule has 1 heterocycles. The molecule has 1 aromatic heterocycles. The summed E-state index contributed by atoms with van der Waals surface area (Å²) in [6, 6.07) is 5.57. The lowest BCUT2D eigenvalue weighted by molar-refractivity contribution is 0.102. The quantitative estimate of drug-likeness (QED) is 0.559. The van der Waals surface area contributed by atoms with Gasteiger partial charge in [-0.15, -0.1) is 0 Å². The summed E-state index contributed by atoms with van der Waals surface area (Å²) in [7, 11) is 0. The number of amides is 1. The van der Waals surface area contributed by atoms with Gasteiger partial charge in [-0.05, 0) is 18.2 Å². The largest absolute Gasteiger partial charge is 0.321 e. The highest BCUT2D eigenvalue weighted by Gasteiger charge is 2.08. The predicted molar refractivity (Wildman–Crippen MR) is 64.2 cm³/mol. The van der Waals surface area contributed by atoms with Crippen molar-refractivity contribution in [3.63, 3.8) is 0 Å². The Bertz CT molecular complexity index is 558. The Morgan fingerprint density at radius 1 is 1.28 bits per heavy atom. The van der Waals surface area contributed by atoms with Gasteiger partial charge in [-0.25, -0.2) is 20.2 Å². The predicted octanol–water partition coefficient (Wildman–Crippen LogP) is 1.15. The molecule has 0 unspecified atom stereocenters. The van der Waals surface area contributed by atoms with Gasteiger partial charge in [-0.1, -0.05) is 6.07 Å². The third kappa shape index (κ3) is 2.77. The second kappa shape index (κ2) is 5.19. The van der Waals surface area contributed by atoms with E-state index in [2.05, 4.69) is 20.7 Å². The van der Waals surface area contributed by atoms with Crippen molar-refractivity contribution in [2.24, 2.45) is 5.84 Å². The van der Waals surface area contributed by atoms with Crippen molar-refractivity contribution >= 4 is 17.4 Å². The van der Waals surface area contributed by atoms with Gasteiger partial charge < -0.3 is 10.7 Å². The summed E-state index contributed by atoms with van der Waals surface area (Å²) in [5.74, 6) is 4.56. The zero-order valence-electron chi connectivity index (χ0n) is 9.22. The molecule has 1 amide bonds. The Morgan fingerprint density at radius 3 is 2.72 bits per heavy atom. The lowest BCUT2D eigenvalue weighted by atomic mass is 10.3. The van der Waals surface area contributed by atoms with Crippen LogP contribution >= 0.6 is 0 Å². The number of hydrogen-bond acceptors (Lipinski definition) is 5. The van der Waals surface area contributed by atoms with E-state index in [1.807, 2.05) is 0 Å². The van der Waals surface area contributed by atoms with E-state index < -0.39 is 11.7 Å². The number of aromatic nitrogens is 2. The topological polar surface area (TPSA) is 92.9 Å². The van der Waals surface area contributed by atoms with Gasteiger partial charge in [-0.3, -0.25) is 4.79 Å². The number of carbonyl (C=O) groups excluding carboxylic acids is 1. The van der Waals surface area contributed by atoms with Gasteiger partial charge in [0.2, 0.25) is 0 Å². The molecule has 0 saturated heterocycles. The highest BCUT2D eigenvalue weighted by Crippen LogP contribution is 2.10. The van der Waals surface area contributed by atoms with E-state index in [-0.39, 0.29) is 5.69 Å². The molecule has 1 aromatic carbocycles. The molecule has 0 spiro atoms. The Morgan fingerprint density at radius 2 is 2.11 bits per heavy atom. The first-order valence-electron chi connectivity index (χ1n) is 5.04. The lowest BCUT2D eigenvalue weighted by Gasteiger charge is -2.04. The summed E-state index contributed by atoms with van der Waals surface area (Å²) in [6.45, 7) is 0. The molecule has 4 N–H and O–H groups in total. The highest BCUT2D eigenvalue weighted by molar-refractivity contribution is 6.02. The average Bonchev–Trinajstić information content (AvgIpc) is 2.39. The first-order chi connectivity index (χ1) is 8.69. The summed E-state index contributed by atoms with van der Waals surface area (Å²) in [4.78, 5) is 19.4. The van der Waals surface area contributed by atoms with Crippen molar-refractivity contribution in [1.82, 2.24) is 9.97 Å². The molecule has 2 rings (SSSR count). The number of carbonyl (C=O) groups is 1. The average molecular weight is 247 g/mol. The van der Waals surface area contributed by atoms with E-state index in [9.17, 15) is 9.18 Å². The minimum absolute atomic E-state index is 0.110. The zero-order chi connectivity index (χ0) is 13.0. The Kier molecular flexibility index (Phi) is 3.44. The third-order valence-corrected chi connectivity index (χ3v) is 2.11. The van der Waals surface area contributed by atoms with Crippen LogP contribution in [-0.2, 0) is 0 Å². The maximum Gasteiger partial charge on any atom is 0.275 e. The maximum atomic E-state index is 12.9. The van der Waals surface area contributed by atoms with Gasteiger partial charge in [0, 0.05) is 5.69 Å². The molecule has 0 saturated carbocycles. The van der Waals surface area contributed by atoms with Crippen molar-refractivity contribution in [2.45, 2.75) is 0 Å². The maximum absolute atomic E-state index is 12.9. The number of nitrogen functional groups attached to an aromatic ring is 1. The molecule has 7 heteroatoms. The van der Waals surface area contributed by atoms with Crippen molar-refractivity contribution in [3.05, 3.63) is 48.2 Å². The van der Waals surface area contributed by atoms with Crippen LogP contribution in [0.15, 0.2) is 36.7 Å². The molecule has 0 aliphatic heterocycles. The molecular weight excluding hydrogens is 237 g/mol. The van der Waals surface area contributed by atoms with Gasteiger partial charge >= 0.3 is 0 Å². The van der Waals surface area contributed by atoms with Crippen LogP contribution in [0.3, 0.4) is 0 Å². The van der Waals surface area contributed by atoms with E-state index >= 15 is 0 Å². The van der Waals surface area contributed by atoms with Gasteiger partial charge in [0.05, 0.1) is 12.4 Å². The number of anilines is 2. The molecule has 2 aromatic rings. The number of nitrogens with one attached hydrogen (secondary N) is 2. The van der Waals surface area contributed by atoms with Gasteiger partial charge in [0.1, 0.15) is 11.5 Å². The number of benzene rings is 1. The van der Waals surface area contributed by atoms with Crippen molar-refractivity contribution in [2.75, 3.05) is 10.7 Å². The van der Waals surface area contributed by atoms with E-state index in [4.69, 9.17) is 5.84 Å². The molecule has 0 aliphatic rings. The second-order valence-electron chi connectivity index (χ2n) is 3.40. The summed E-state index contributed by atoms with van der Waals surface area (Å²) >= 11 is 0. The number of nitrogens with zero attached hydrogens (tertiary/aromatic N) is 2. The molecular formula is C11H10FN5O. The van der Waals surface area contributed by atoms with Crippen LogP contribution in [0, 0.1) is 5.82 Å². The molecule has 6 nitrogen and oxygen atoms in total. The fourth-order valence-corrected chi connectivity index (χ4v) is 1.28. The van der Waals surface area contributed by atoms with Crippen LogP contribution in [0.25, 0.3) is 0 Å². The van der Waals surface area contributed by atoms with Crippen LogP contribution in [0.4, 0.5) is 15.9 Å². The van der Waals surface area contributed by atoms with Gasteiger partial charge in [0.15, 0.2) is 5.82 Å². The number of hydrogen-bond donors (Lipinski definition) is 3. The Labute approximate surface area is 102 Å². The zero-order valence-corrected chi connectivity index (χ0v) is 9.22. The third-order valence-electron chi connectivity index (χ3n) is 2.11. The minimum atomic E-state index is -0.475. The van der Waals surface area contributed by atoms with E-state index in [1.54, 1.807) is 6.07 Å². The summed E-state index contributed by atoms with van der Waals surface area (Å²) < 4.78 is 12.9. The van der Waals surface area contributed by atoms with Crippen LogP contribution < -0.4 is 16.6 Å². The van der Waals surface area contributed by atoms with Crippen LogP contribution in [0.5, 0.6) is 0 Å². The smallest absolute Gasteiger partial charge is 0.275 e. The minimum Gasteiger partial charge on any atom is -0.321 e. The van der Waals surface area contributed by atoms with E-state index in [0.717, 1.165) is 0 Å². The fourth-order valence-electron chi connectivity index (χ4n) is 1.28. The normalized spacial score (nSPS) is 9.89. The SMILES string of the molecule is NNc1cnc(C(=O)Nc2cccc(F)c2)cn1. The first-order valence-corrected chi connectivity index (χ1v) is 5.04. The van der Waals surface area contributed by atoms with Crippen molar-refractivity contribution < 1.29 is 9.18 Å². The Hall–Kier alpha value is -2.54. The Balaban J connectivity index is 2.11. The van der Waals surface area contributed by atoms with Gasteiger partial charge in [0.25, 0.3) is 5.91 Å². The molecule has 0 radical (unpaired) electrons. The summed E-state index contributed by atoms with van der Waals surface area (Å²) in [5.41, 5.74) is 2.75. The van der Waals surface area contributed by atoms with Crippen LogP contribution in [0.2, 0.25) is 0 Å². The number of rotatable bonds is 3. The highest BCUT2D eigenvalue weighted by atomic mass is 19.1. The molecule has 92 valence electrons. The van der Waals surface area contributed by atoms with Crippen molar-refractivity contribution in [1.29, 1.82) is 0 Å². The summed E-state index contributed by atoms with van der Waals surface area (Å²) in [5, 5.41) is 2.50. The molecule has 0 aliphatic carbocycles. The fraction of sp³-hybridized carbons (Fsp3) is 0. The van der Waals surface area contributed by atoms with Gasteiger partial charge in [-0.2, -0.15) is 0 Å². The number of halogens is 1.